The van der Waals surface area contributed by atoms with Gasteiger partial charge in [-0.25, -0.2) is 0 Å². The lowest BCUT2D eigenvalue weighted by molar-refractivity contribution is 0.275. The number of aliphatic hydroxyl groups is 1. The van der Waals surface area contributed by atoms with Crippen LogP contribution in [0.1, 0.15) is 18.5 Å². The minimum Gasteiger partial charge on any atom is -0.504 e. The fourth-order valence-electron chi connectivity index (χ4n) is 2.03. The van der Waals surface area contributed by atoms with Gasteiger partial charge in [-0.05, 0) is 42.8 Å². The number of ether oxygens (including phenoxy) is 1. The van der Waals surface area contributed by atoms with Crippen molar-refractivity contribution in [1.82, 2.24) is 0 Å². The van der Waals surface area contributed by atoms with E-state index in [4.69, 9.17) is 4.74 Å². The van der Waals surface area contributed by atoms with Gasteiger partial charge in [0, 0.05) is 10.2 Å². The molecule has 0 spiro atoms. The van der Waals surface area contributed by atoms with Crippen LogP contribution in [0.2, 0.25) is 0 Å². The number of halogens is 1. The Labute approximate surface area is 132 Å². The smallest absolute Gasteiger partial charge is 0.161 e. The second-order valence-corrected chi connectivity index (χ2v) is 5.47. The molecule has 0 amide bonds. The number of rotatable bonds is 6. The molecule has 0 heterocycles. The fourth-order valence-corrected chi connectivity index (χ4v) is 2.43. The van der Waals surface area contributed by atoms with Crippen LogP contribution in [0.4, 0.5) is 5.69 Å². The first-order valence-corrected chi connectivity index (χ1v) is 7.52. The number of nitrogens with one attached hydrogen (secondary N) is 1. The van der Waals surface area contributed by atoms with Crippen LogP contribution >= 0.6 is 15.9 Å². The summed E-state index contributed by atoms with van der Waals surface area (Å²) < 4.78 is 6.34. The van der Waals surface area contributed by atoms with Crippen molar-refractivity contribution in [3.63, 3.8) is 0 Å². The Bertz CT molecular complexity index is 604. The predicted molar refractivity (Wildman–Crippen MR) is 86.9 cm³/mol. The first-order valence-electron chi connectivity index (χ1n) is 6.72. The van der Waals surface area contributed by atoms with Crippen LogP contribution in [0, 0.1) is 0 Å². The van der Waals surface area contributed by atoms with Gasteiger partial charge >= 0.3 is 0 Å². The maximum atomic E-state index is 9.73. The van der Waals surface area contributed by atoms with Gasteiger partial charge in [-0.3, -0.25) is 0 Å². The molecule has 0 aliphatic carbocycles. The maximum Gasteiger partial charge on any atom is 0.161 e. The molecule has 21 heavy (non-hydrogen) atoms. The molecular weight excluding hydrogens is 334 g/mol. The van der Waals surface area contributed by atoms with E-state index in [0.29, 0.717) is 12.4 Å². The van der Waals surface area contributed by atoms with Gasteiger partial charge in [-0.15, -0.1) is 0 Å². The largest absolute Gasteiger partial charge is 0.504 e. The van der Waals surface area contributed by atoms with Crippen molar-refractivity contribution in [1.29, 1.82) is 0 Å². The van der Waals surface area contributed by atoms with Crippen LogP contribution in [0.3, 0.4) is 0 Å². The Morgan fingerprint density at radius 1 is 1.24 bits per heavy atom. The number of hydrogen-bond donors (Lipinski definition) is 3. The molecule has 1 atom stereocenters. The Balaban J connectivity index is 2.22. The summed E-state index contributed by atoms with van der Waals surface area (Å²) >= 11 is 3.42. The molecule has 0 fully saturated rings. The second kappa shape index (κ2) is 7.33. The van der Waals surface area contributed by atoms with E-state index in [1.807, 2.05) is 31.2 Å². The summed E-state index contributed by atoms with van der Waals surface area (Å²) in [6.07, 6.45) is 0. The van der Waals surface area contributed by atoms with E-state index in [1.165, 1.54) is 0 Å². The van der Waals surface area contributed by atoms with E-state index >= 15 is 0 Å². The zero-order valence-corrected chi connectivity index (χ0v) is 13.3. The third-order valence-electron chi connectivity index (χ3n) is 3.03. The highest BCUT2D eigenvalue weighted by molar-refractivity contribution is 9.10. The first-order chi connectivity index (χ1) is 10.1. The molecule has 0 bridgehead atoms. The minimum atomic E-state index is -0.279. The van der Waals surface area contributed by atoms with E-state index in [9.17, 15) is 10.2 Å². The minimum absolute atomic E-state index is 0.0666. The summed E-state index contributed by atoms with van der Waals surface area (Å²) in [7, 11) is 0. The SMILES string of the molecule is CCOc1cc(C(CO)Nc2cccc(Br)c2)ccc1O. The average Bonchev–Trinajstić information content (AvgIpc) is 2.47. The average molecular weight is 352 g/mol. The summed E-state index contributed by atoms with van der Waals surface area (Å²) in [5, 5.41) is 22.6. The van der Waals surface area contributed by atoms with Gasteiger partial charge in [-0.2, -0.15) is 0 Å². The molecule has 2 aromatic carbocycles. The van der Waals surface area contributed by atoms with Gasteiger partial charge < -0.3 is 20.3 Å². The monoisotopic (exact) mass is 351 g/mol. The normalized spacial score (nSPS) is 12.0. The van der Waals surface area contributed by atoms with Gasteiger partial charge in [0.15, 0.2) is 11.5 Å². The molecule has 0 aliphatic rings. The number of phenols is 1. The molecule has 0 saturated carbocycles. The highest BCUT2D eigenvalue weighted by atomic mass is 79.9. The van der Waals surface area contributed by atoms with Crippen LogP contribution in [0.25, 0.3) is 0 Å². The lowest BCUT2D eigenvalue weighted by atomic mass is 10.1. The zero-order chi connectivity index (χ0) is 15.2. The zero-order valence-electron chi connectivity index (χ0n) is 11.7. The molecule has 0 saturated heterocycles. The molecular formula is C16H18BrNO3. The van der Waals surface area contributed by atoms with Crippen LogP contribution in [-0.4, -0.2) is 23.4 Å². The molecule has 112 valence electrons. The van der Waals surface area contributed by atoms with Crippen molar-refractivity contribution >= 4 is 21.6 Å². The third-order valence-corrected chi connectivity index (χ3v) is 3.53. The number of hydrogen-bond acceptors (Lipinski definition) is 4. The van der Waals surface area contributed by atoms with Gasteiger partial charge in [0.25, 0.3) is 0 Å². The van der Waals surface area contributed by atoms with Crippen molar-refractivity contribution in [3.05, 3.63) is 52.5 Å². The van der Waals surface area contributed by atoms with Gasteiger partial charge in [0.05, 0.1) is 19.3 Å². The van der Waals surface area contributed by atoms with Crippen LogP contribution in [0.15, 0.2) is 46.9 Å². The van der Waals surface area contributed by atoms with E-state index in [0.717, 1.165) is 15.7 Å². The quantitative estimate of drug-likeness (QED) is 0.742. The van der Waals surface area contributed by atoms with E-state index in [1.54, 1.807) is 18.2 Å². The molecule has 2 rings (SSSR count). The van der Waals surface area contributed by atoms with Crippen molar-refractivity contribution in [2.24, 2.45) is 0 Å². The highest BCUT2D eigenvalue weighted by Gasteiger charge is 2.13. The molecule has 0 aliphatic heterocycles. The van der Waals surface area contributed by atoms with Crippen LogP contribution < -0.4 is 10.1 Å². The molecule has 5 heteroatoms. The van der Waals surface area contributed by atoms with Crippen molar-refractivity contribution in [2.45, 2.75) is 13.0 Å². The van der Waals surface area contributed by atoms with E-state index < -0.39 is 0 Å². The van der Waals surface area contributed by atoms with Crippen molar-refractivity contribution < 1.29 is 14.9 Å². The number of anilines is 1. The molecule has 3 N–H and O–H groups in total. The second-order valence-electron chi connectivity index (χ2n) is 4.55. The standard InChI is InChI=1S/C16H18BrNO3/c1-2-21-16-8-11(6-7-15(16)20)14(10-19)18-13-5-3-4-12(17)9-13/h3-9,14,18-20H,2,10H2,1H3. The van der Waals surface area contributed by atoms with Crippen LogP contribution in [0.5, 0.6) is 11.5 Å². The molecule has 0 radical (unpaired) electrons. The predicted octanol–water partition coefficient (Wildman–Crippen LogP) is 3.70. The van der Waals surface area contributed by atoms with Gasteiger partial charge in [-0.1, -0.05) is 28.1 Å². The Morgan fingerprint density at radius 3 is 2.71 bits per heavy atom. The lowest BCUT2D eigenvalue weighted by Crippen LogP contribution is -2.15. The summed E-state index contributed by atoms with van der Waals surface area (Å²) in [5.74, 6) is 0.518. The summed E-state index contributed by atoms with van der Waals surface area (Å²) in [6.45, 7) is 2.26. The van der Waals surface area contributed by atoms with Crippen molar-refractivity contribution in [3.8, 4) is 11.5 Å². The number of phenolic OH excluding ortho intramolecular Hbond substituents is 1. The Morgan fingerprint density at radius 2 is 2.05 bits per heavy atom. The highest BCUT2D eigenvalue weighted by Crippen LogP contribution is 2.30. The van der Waals surface area contributed by atoms with Crippen molar-refractivity contribution in [2.75, 3.05) is 18.5 Å². The topological polar surface area (TPSA) is 61.7 Å². The van der Waals surface area contributed by atoms with Gasteiger partial charge in [0.1, 0.15) is 0 Å². The summed E-state index contributed by atoms with van der Waals surface area (Å²) in [6, 6.07) is 12.5. The first kappa shape index (κ1) is 15.7. The molecule has 2 aromatic rings. The number of aromatic hydroxyl groups is 1. The molecule has 0 aromatic heterocycles. The number of benzene rings is 2. The lowest BCUT2D eigenvalue weighted by Gasteiger charge is -2.19. The summed E-state index contributed by atoms with van der Waals surface area (Å²) in [4.78, 5) is 0. The Kier molecular flexibility index (Phi) is 5.47. The third kappa shape index (κ3) is 4.12. The summed E-state index contributed by atoms with van der Waals surface area (Å²) in [5.41, 5.74) is 1.74. The molecule has 4 nitrogen and oxygen atoms in total. The van der Waals surface area contributed by atoms with Crippen LogP contribution in [-0.2, 0) is 0 Å². The Hall–Kier alpha value is -1.72. The fraction of sp³-hybridized carbons (Fsp3) is 0.250. The van der Waals surface area contributed by atoms with Gasteiger partial charge in [0.2, 0.25) is 0 Å². The van der Waals surface area contributed by atoms with E-state index in [-0.39, 0.29) is 18.4 Å². The number of aliphatic hydroxyl groups excluding tert-OH is 1. The maximum absolute atomic E-state index is 9.73. The molecule has 1 unspecified atom stereocenters. The van der Waals surface area contributed by atoms with E-state index in [2.05, 4.69) is 21.2 Å².